The summed E-state index contributed by atoms with van der Waals surface area (Å²) in [4.78, 5) is 7.83. The van der Waals surface area contributed by atoms with Crippen LogP contribution >= 0.6 is 0 Å². The molecule has 0 aromatic rings. The van der Waals surface area contributed by atoms with Crippen molar-refractivity contribution in [3.8, 4) is 0 Å². The highest BCUT2D eigenvalue weighted by molar-refractivity contribution is 4.90. The van der Waals surface area contributed by atoms with Gasteiger partial charge in [0.15, 0.2) is 0 Å². The van der Waals surface area contributed by atoms with Gasteiger partial charge in [0.05, 0.1) is 0 Å². The molecule has 0 aliphatic carbocycles. The van der Waals surface area contributed by atoms with Gasteiger partial charge in [-0.15, -0.1) is 0 Å². The van der Waals surface area contributed by atoms with Crippen molar-refractivity contribution in [2.75, 3.05) is 52.9 Å². The van der Waals surface area contributed by atoms with Crippen LogP contribution in [0.25, 0.3) is 0 Å². The van der Waals surface area contributed by atoms with Gasteiger partial charge in [-0.05, 0) is 45.3 Å². The van der Waals surface area contributed by atoms with E-state index in [9.17, 15) is 0 Å². The van der Waals surface area contributed by atoms with Crippen molar-refractivity contribution < 1.29 is 0 Å². The summed E-state index contributed by atoms with van der Waals surface area (Å²) in [5, 5.41) is 0. The van der Waals surface area contributed by atoms with Crippen molar-refractivity contribution in [2.24, 2.45) is 5.92 Å². The van der Waals surface area contributed by atoms with E-state index in [1.54, 1.807) is 0 Å². The molecular weight excluding hydrogens is 258 g/mol. The third-order valence-electron chi connectivity index (χ3n) is 4.98. The first kappa shape index (κ1) is 17.0. The van der Waals surface area contributed by atoms with Crippen molar-refractivity contribution in [2.45, 2.75) is 45.6 Å². The van der Waals surface area contributed by atoms with E-state index < -0.39 is 0 Å². The molecule has 0 aromatic heterocycles. The van der Waals surface area contributed by atoms with Gasteiger partial charge in [-0.2, -0.15) is 0 Å². The summed E-state index contributed by atoms with van der Waals surface area (Å²) in [7, 11) is 2.24. The molecule has 1 atom stereocenters. The highest BCUT2D eigenvalue weighted by Crippen LogP contribution is 2.20. The topological polar surface area (TPSA) is 9.72 Å². The number of rotatable bonds is 6. The molecule has 2 aliphatic rings. The highest BCUT2D eigenvalue weighted by Gasteiger charge is 2.22. The van der Waals surface area contributed by atoms with Crippen LogP contribution in [0, 0.1) is 5.92 Å². The maximum atomic E-state index is 2.72. The molecule has 0 radical (unpaired) electrons. The number of hydrogen-bond acceptors (Lipinski definition) is 3. The van der Waals surface area contributed by atoms with Gasteiger partial charge in [0.2, 0.25) is 0 Å². The number of likely N-dealkylation sites (N-methyl/N-ethyl adjacent to an activating group) is 1. The molecule has 0 amide bonds. The molecule has 122 valence electrons. The van der Waals surface area contributed by atoms with Crippen LogP contribution in [0.2, 0.25) is 0 Å². The van der Waals surface area contributed by atoms with E-state index in [1.807, 2.05) is 0 Å². The third-order valence-corrected chi connectivity index (χ3v) is 4.98. The van der Waals surface area contributed by atoms with Crippen molar-refractivity contribution in [1.29, 1.82) is 0 Å². The molecule has 0 saturated carbocycles. The molecule has 0 aromatic carbocycles. The quantitative estimate of drug-likeness (QED) is 0.697. The van der Waals surface area contributed by atoms with Crippen LogP contribution in [0.15, 0.2) is 12.2 Å². The van der Waals surface area contributed by atoms with Gasteiger partial charge in [0.1, 0.15) is 0 Å². The summed E-state index contributed by atoms with van der Waals surface area (Å²) in [6.07, 6.45) is 10.3. The number of nitrogens with zero attached hydrogens (tertiary/aromatic N) is 3. The number of hydrogen-bond donors (Lipinski definition) is 0. The maximum absolute atomic E-state index is 2.72. The molecular formula is C18H35N3. The molecule has 1 unspecified atom stereocenters. The van der Waals surface area contributed by atoms with E-state index in [4.69, 9.17) is 0 Å². The van der Waals surface area contributed by atoms with Gasteiger partial charge in [-0.1, -0.05) is 32.4 Å². The fourth-order valence-corrected chi connectivity index (χ4v) is 3.50. The Kier molecular flexibility index (Phi) is 7.21. The summed E-state index contributed by atoms with van der Waals surface area (Å²) < 4.78 is 0. The Hall–Kier alpha value is -0.380. The van der Waals surface area contributed by atoms with E-state index >= 15 is 0 Å². The zero-order valence-electron chi connectivity index (χ0n) is 14.4. The maximum Gasteiger partial charge on any atom is 0.0166 e. The molecule has 0 spiro atoms. The first-order chi connectivity index (χ1) is 10.1. The van der Waals surface area contributed by atoms with Crippen LogP contribution in [0.1, 0.15) is 39.5 Å². The van der Waals surface area contributed by atoms with Crippen molar-refractivity contribution in [1.82, 2.24) is 14.7 Å². The van der Waals surface area contributed by atoms with E-state index in [2.05, 4.69) is 47.7 Å². The standard InChI is InChI=1S/C18H35N3/c1-17(2)7-6-11-21-10-5-4-8-18(21)9-12-20-15-13-19(3)14-16-20/h6-7,17-18H,4-5,8-16H2,1-3H3/b7-6+. The average Bonchev–Trinajstić information content (AvgIpc) is 2.47. The second-order valence-corrected chi connectivity index (χ2v) is 7.25. The van der Waals surface area contributed by atoms with Crippen molar-refractivity contribution in [3.63, 3.8) is 0 Å². The molecule has 2 fully saturated rings. The monoisotopic (exact) mass is 293 g/mol. The Labute approximate surface area is 132 Å². The normalized spacial score (nSPS) is 27.0. The van der Waals surface area contributed by atoms with Gasteiger partial charge < -0.3 is 9.80 Å². The largest absolute Gasteiger partial charge is 0.304 e. The third kappa shape index (κ3) is 6.09. The molecule has 2 aliphatic heterocycles. The lowest BCUT2D eigenvalue weighted by molar-refractivity contribution is 0.114. The zero-order valence-corrected chi connectivity index (χ0v) is 14.4. The Morgan fingerprint density at radius 3 is 2.52 bits per heavy atom. The molecule has 3 nitrogen and oxygen atoms in total. The SMILES string of the molecule is CC(C)/C=C/CN1CCCCC1CCN1CCN(C)CC1. The second-order valence-electron chi connectivity index (χ2n) is 7.25. The average molecular weight is 293 g/mol. The highest BCUT2D eigenvalue weighted by atomic mass is 15.2. The Bertz CT molecular complexity index is 306. The smallest absolute Gasteiger partial charge is 0.0166 e. The van der Waals surface area contributed by atoms with Crippen LogP contribution in [-0.4, -0.2) is 73.6 Å². The van der Waals surface area contributed by atoms with Crippen LogP contribution in [0.5, 0.6) is 0 Å². The Balaban J connectivity index is 1.73. The van der Waals surface area contributed by atoms with Gasteiger partial charge in [-0.25, -0.2) is 0 Å². The molecule has 0 N–H and O–H groups in total. The summed E-state index contributed by atoms with van der Waals surface area (Å²) in [6.45, 7) is 13.3. The Morgan fingerprint density at radius 2 is 1.81 bits per heavy atom. The number of piperidine rings is 1. The fraction of sp³-hybridized carbons (Fsp3) is 0.889. The van der Waals surface area contributed by atoms with Crippen LogP contribution in [-0.2, 0) is 0 Å². The van der Waals surface area contributed by atoms with Gasteiger partial charge in [0, 0.05) is 38.8 Å². The summed E-state index contributed by atoms with van der Waals surface area (Å²) >= 11 is 0. The molecule has 0 bridgehead atoms. The first-order valence-electron chi connectivity index (χ1n) is 8.97. The number of allylic oxidation sites excluding steroid dienone is 1. The Morgan fingerprint density at radius 1 is 1.05 bits per heavy atom. The van der Waals surface area contributed by atoms with Gasteiger partial charge in [-0.3, -0.25) is 4.90 Å². The summed E-state index contributed by atoms with van der Waals surface area (Å²) in [6, 6.07) is 0.815. The van der Waals surface area contributed by atoms with Crippen molar-refractivity contribution >= 4 is 0 Å². The van der Waals surface area contributed by atoms with Gasteiger partial charge >= 0.3 is 0 Å². The van der Waals surface area contributed by atoms with E-state index in [-0.39, 0.29) is 0 Å². The minimum atomic E-state index is 0.679. The lowest BCUT2D eigenvalue weighted by Gasteiger charge is -2.38. The molecule has 2 rings (SSSR count). The van der Waals surface area contributed by atoms with E-state index in [0.29, 0.717) is 5.92 Å². The predicted octanol–water partition coefficient (Wildman–Crippen LogP) is 2.69. The fourth-order valence-electron chi connectivity index (χ4n) is 3.50. The van der Waals surface area contributed by atoms with E-state index in [1.165, 1.54) is 65.0 Å². The van der Waals surface area contributed by atoms with Gasteiger partial charge in [0.25, 0.3) is 0 Å². The molecule has 3 heteroatoms. The second kappa shape index (κ2) is 8.92. The lowest BCUT2D eigenvalue weighted by Crippen LogP contribution is -2.47. The van der Waals surface area contributed by atoms with Crippen LogP contribution < -0.4 is 0 Å². The van der Waals surface area contributed by atoms with Crippen LogP contribution in [0.4, 0.5) is 0 Å². The summed E-state index contributed by atoms with van der Waals surface area (Å²) in [5.41, 5.74) is 0. The first-order valence-corrected chi connectivity index (χ1v) is 8.97. The molecule has 21 heavy (non-hydrogen) atoms. The number of likely N-dealkylation sites (tertiary alicyclic amines) is 1. The van der Waals surface area contributed by atoms with E-state index in [0.717, 1.165) is 12.6 Å². The molecule has 2 saturated heterocycles. The summed E-state index contributed by atoms with van der Waals surface area (Å²) in [5.74, 6) is 0.679. The van der Waals surface area contributed by atoms with Crippen molar-refractivity contribution in [3.05, 3.63) is 12.2 Å². The number of piperazine rings is 1. The van der Waals surface area contributed by atoms with Crippen LogP contribution in [0.3, 0.4) is 0 Å². The lowest BCUT2D eigenvalue weighted by atomic mass is 9.99. The minimum absolute atomic E-state index is 0.679. The predicted molar refractivity (Wildman–Crippen MR) is 91.7 cm³/mol. The minimum Gasteiger partial charge on any atom is -0.304 e. The molecule has 2 heterocycles. The zero-order chi connectivity index (χ0) is 15.1.